The number of carbonyl (C=O) groups is 1. The van der Waals surface area contributed by atoms with Gasteiger partial charge in [-0.2, -0.15) is 4.98 Å². The van der Waals surface area contributed by atoms with Gasteiger partial charge in [-0.3, -0.25) is 4.79 Å². The van der Waals surface area contributed by atoms with Gasteiger partial charge in [-0.05, 0) is 44.0 Å². The third-order valence-corrected chi connectivity index (χ3v) is 4.57. The van der Waals surface area contributed by atoms with Crippen LogP contribution in [0.15, 0.2) is 33.7 Å². The molecule has 1 amide bonds. The van der Waals surface area contributed by atoms with Gasteiger partial charge in [0.25, 0.3) is 0 Å². The van der Waals surface area contributed by atoms with E-state index in [-0.39, 0.29) is 17.8 Å². The Kier molecular flexibility index (Phi) is 4.42. The van der Waals surface area contributed by atoms with Crippen molar-refractivity contribution < 1.29 is 13.7 Å². The summed E-state index contributed by atoms with van der Waals surface area (Å²) < 4.78 is 18.1. The smallest absolute Gasteiger partial charge is 0.249 e. The van der Waals surface area contributed by atoms with Crippen LogP contribution >= 0.6 is 11.8 Å². The van der Waals surface area contributed by atoms with Crippen molar-refractivity contribution in [2.75, 3.05) is 12.3 Å². The van der Waals surface area contributed by atoms with Crippen LogP contribution < -0.4 is 0 Å². The number of hydrogen-bond donors (Lipinski definition) is 0. The molecule has 1 aromatic carbocycles. The van der Waals surface area contributed by atoms with Crippen LogP contribution in [0.4, 0.5) is 4.39 Å². The number of aromatic nitrogens is 2. The molecule has 1 aromatic heterocycles. The molecule has 1 aliphatic heterocycles. The van der Waals surface area contributed by atoms with Crippen molar-refractivity contribution in [2.45, 2.75) is 30.7 Å². The van der Waals surface area contributed by atoms with E-state index in [1.165, 1.54) is 23.9 Å². The summed E-state index contributed by atoms with van der Waals surface area (Å²) in [5, 5.41) is 3.79. The normalized spacial score (nSPS) is 17.9. The Morgan fingerprint density at radius 3 is 2.91 bits per heavy atom. The Labute approximate surface area is 131 Å². The number of rotatable bonds is 4. The highest BCUT2D eigenvalue weighted by molar-refractivity contribution is 8.00. The lowest BCUT2D eigenvalue weighted by atomic mass is 10.2. The number of hydrogen-bond acceptors (Lipinski definition) is 5. The molecule has 0 bridgehead atoms. The van der Waals surface area contributed by atoms with Crippen LogP contribution in [0, 0.1) is 12.7 Å². The number of amides is 1. The minimum absolute atomic E-state index is 0.0349. The third-order valence-electron chi connectivity index (χ3n) is 3.58. The van der Waals surface area contributed by atoms with E-state index in [0.29, 0.717) is 24.0 Å². The summed E-state index contributed by atoms with van der Waals surface area (Å²) in [4.78, 5) is 19.3. The largest absolute Gasteiger partial charge is 0.337 e. The summed E-state index contributed by atoms with van der Waals surface area (Å²) in [6.45, 7) is 2.47. The molecule has 1 fully saturated rings. The second-order valence-corrected chi connectivity index (χ2v) is 6.22. The molecule has 7 heteroatoms. The van der Waals surface area contributed by atoms with Gasteiger partial charge in [-0.25, -0.2) is 4.39 Å². The van der Waals surface area contributed by atoms with Crippen LogP contribution in [-0.4, -0.2) is 33.2 Å². The van der Waals surface area contributed by atoms with E-state index in [1.54, 1.807) is 24.0 Å². The molecule has 1 unspecified atom stereocenters. The van der Waals surface area contributed by atoms with Gasteiger partial charge in [-0.1, -0.05) is 5.16 Å². The highest BCUT2D eigenvalue weighted by Gasteiger charge is 2.33. The quantitative estimate of drug-likeness (QED) is 0.810. The lowest BCUT2D eigenvalue weighted by molar-refractivity contribution is -0.129. The zero-order chi connectivity index (χ0) is 15.5. The first kappa shape index (κ1) is 15.0. The van der Waals surface area contributed by atoms with Gasteiger partial charge in [0.1, 0.15) is 11.9 Å². The molecule has 22 heavy (non-hydrogen) atoms. The van der Waals surface area contributed by atoms with Gasteiger partial charge in [0.15, 0.2) is 5.82 Å². The third kappa shape index (κ3) is 3.30. The van der Waals surface area contributed by atoms with Crippen molar-refractivity contribution in [3.63, 3.8) is 0 Å². The zero-order valence-electron chi connectivity index (χ0n) is 12.2. The first-order valence-corrected chi connectivity index (χ1v) is 8.10. The molecular formula is C15H16FN3O2S. The maximum Gasteiger partial charge on any atom is 0.249 e. The predicted octanol–water partition coefficient (Wildman–Crippen LogP) is 2.97. The number of nitrogens with zero attached hydrogens (tertiary/aromatic N) is 3. The number of likely N-dealkylation sites (tertiary alicyclic amines) is 1. The summed E-state index contributed by atoms with van der Waals surface area (Å²) in [6, 6.07) is 6.02. The van der Waals surface area contributed by atoms with Crippen molar-refractivity contribution >= 4 is 17.7 Å². The summed E-state index contributed by atoms with van der Waals surface area (Å²) >= 11 is 1.40. The van der Waals surface area contributed by atoms with Crippen LogP contribution in [0.2, 0.25) is 0 Å². The lowest BCUT2D eigenvalue weighted by Gasteiger charge is -2.21. The van der Waals surface area contributed by atoms with E-state index in [4.69, 9.17) is 4.52 Å². The molecule has 1 saturated heterocycles. The molecular weight excluding hydrogens is 305 g/mol. The van der Waals surface area contributed by atoms with E-state index >= 15 is 0 Å². The molecule has 1 aliphatic rings. The number of halogens is 1. The number of thioether (sulfide) groups is 1. The van der Waals surface area contributed by atoms with Gasteiger partial charge >= 0.3 is 0 Å². The molecule has 2 aromatic rings. The van der Waals surface area contributed by atoms with Crippen LogP contribution in [0.25, 0.3) is 0 Å². The highest BCUT2D eigenvalue weighted by Crippen LogP contribution is 2.32. The van der Waals surface area contributed by atoms with Crippen molar-refractivity contribution in [1.82, 2.24) is 15.0 Å². The summed E-state index contributed by atoms with van der Waals surface area (Å²) in [7, 11) is 0. The van der Waals surface area contributed by atoms with E-state index in [1.807, 2.05) is 0 Å². The minimum Gasteiger partial charge on any atom is -0.337 e. The topological polar surface area (TPSA) is 59.2 Å². The van der Waals surface area contributed by atoms with E-state index in [0.717, 1.165) is 17.7 Å². The SMILES string of the molecule is Cc1noc(C2CCCN2C(=O)CSc2ccc(F)cc2)n1. The van der Waals surface area contributed by atoms with Crippen molar-refractivity contribution in [2.24, 2.45) is 0 Å². The Hall–Kier alpha value is -1.89. The molecule has 0 spiro atoms. The molecule has 3 rings (SSSR count). The fourth-order valence-electron chi connectivity index (χ4n) is 2.53. The molecule has 2 heterocycles. The van der Waals surface area contributed by atoms with E-state index in [9.17, 15) is 9.18 Å². The first-order chi connectivity index (χ1) is 10.6. The van der Waals surface area contributed by atoms with Gasteiger partial charge < -0.3 is 9.42 Å². The Balaban J connectivity index is 1.62. The number of aryl methyl sites for hydroxylation is 1. The maximum absolute atomic E-state index is 12.9. The van der Waals surface area contributed by atoms with Crippen molar-refractivity contribution in [3.8, 4) is 0 Å². The predicted molar refractivity (Wildman–Crippen MR) is 79.8 cm³/mol. The van der Waals surface area contributed by atoms with E-state index < -0.39 is 0 Å². The van der Waals surface area contributed by atoms with Crippen LogP contribution in [0.3, 0.4) is 0 Å². The van der Waals surface area contributed by atoms with Gasteiger partial charge in [0.05, 0.1) is 5.75 Å². The monoisotopic (exact) mass is 321 g/mol. The standard InChI is InChI=1S/C15H16FN3O2S/c1-10-17-15(21-18-10)13-3-2-8-19(13)14(20)9-22-12-6-4-11(16)5-7-12/h4-7,13H,2-3,8-9H2,1H3. The number of benzene rings is 1. The number of carbonyl (C=O) groups excluding carboxylic acids is 1. The van der Waals surface area contributed by atoms with Gasteiger partial charge in [-0.15, -0.1) is 11.8 Å². The minimum atomic E-state index is -0.276. The lowest BCUT2D eigenvalue weighted by Crippen LogP contribution is -2.32. The average molecular weight is 321 g/mol. The molecule has 5 nitrogen and oxygen atoms in total. The second-order valence-electron chi connectivity index (χ2n) is 5.17. The van der Waals surface area contributed by atoms with Crippen molar-refractivity contribution in [3.05, 3.63) is 41.8 Å². The van der Waals surface area contributed by atoms with Gasteiger partial charge in [0.2, 0.25) is 11.8 Å². The molecule has 0 radical (unpaired) electrons. The van der Waals surface area contributed by atoms with Crippen LogP contribution in [-0.2, 0) is 4.79 Å². The Morgan fingerprint density at radius 1 is 1.45 bits per heavy atom. The molecule has 0 saturated carbocycles. The highest BCUT2D eigenvalue weighted by atomic mass is 32.2. The van der Waals surface area contributed by atoms with Crippen molar-refractivity contribution in [1.29, 1.82) is 0 Å². The second kappa shape index (κ2) is 6.48. The molecule has 0 N–H and O–H groups in total. The van der Waals surface area contributed by atoms with Crippen LogP contribution in [0.5, 0.6) is 0 Å². The Morgan fingerprint density at radius 2 is 2.23 bits per heavy atom. The zero-order valence-corrected chi connectivity index (χ0v) is 13.0. The Bertz CT molecular complexity index is 659. The van der Waals surface area contributed by atoms with Crippen LogP contribution in [0.1, 0.15) is 30.6 Å². The maximum atomic E-state index is 12.9. The summed E-state index contributed by atoms with van der Waals surface area (Å²) in [5.74, 6) is 1.16. The molecule has 1 atom stereocenters. The van der Waals surface area contributed by atoms with Gasteiger partial charge in [0, 0.05) is 11.4 Å². The molecule has 0 aliphatic carbocycles. The first-order valence-electron chi connectivity index (χ1n) is 7.11. The average Bonchev–Trinajstić information content (AvgIpc) is 3.14. The summed E-state index contributed by atoms with van der Waals surface area (Å²) in [5.41, 5.74) is 0. The fraction of sp³-hybridized carbons (Fsp3) is 0.400. The fourth-order valence-corrected chi connectivity index (χ4v) is 3.31. The van der Waals surface area contributed by atoms with E-state index in [2.05, 4.69) is 10.1 Å². The molecule has 116 valence electrons. The summed E-state index contributed by atoms with van der Waals surface area (Å²) in [6.07, 6.45) is 1.77.